The van der Waals surface area contributed by atoms with Crippen LogP contribution in [-0.2, 0) is 0 Å². The first-order valence-corrected chi connectivity index (χ1v) is 8.28. The molecule has 6 nitrogen and oxygen atoms in total. The van der Waals surface area contributed by atoms with Gasteiger partial charge in [-0.1, -0.05) is 25.6 Å². The Bertz CT molecular complexity index is 668. The van der Waals surface area contributed by atoms with Crippen molar-refractivity contribution in [2.75, 3.05) is 12.9 Å². The molecule has 1 N–H and O–H groups in total. The summed E-state index contributed by atoms with van der Waals surface area (Å²) < 4.78 is 7.11. The molecule has 0 aliphatic carbocycles. The van der Waals surface area contributed by atoms with Crippen LogP contribution >= 0.6 is 11.8 Å². The summed E-state index contributed by atoms with van der Waals surface area (Å²) >= 11 is 1.49. The number of phenols is 1. The first kappa shape index (κ1) is 16.4. The van der Waals surface area contributed by atoms with Crippen molar-refractivity contribution in [2.24, 2.45) is 5.10 Å². The lowest BCUT2D eigenvalue weighted by Gasteiger charge is -2.07. The van der Waals surface area contributed by atoms with Gasteiger partial charge < -0.3 is 9.84 Å². The molecule has 2 rings (SSSR count). The second kappa shape index (κ2) is 7.31. The summed E-state index contributed by atoms with van der Waals surface area (Å²) in [7, 11) is 0. The van der Waals surface area contributed by atoms with E-state index in [1.54, 1.807) is 29.1 Å². The summed E-state index contributed by atoms with van der Waals surface area (Å²) in [4.78, 5) is 0. The van der Waals surface area contributed by atoms with E-state index in [0.29, 0.717) is 12.4 Å². The number of hydrogen-bond acceptors (Lipinski definition) is 6. The van der Waals surface area contributed by atoms with Crippen molar-refractivity contribution in [2.45, 2.75) is 31.8 Å². The minimum absolute atomic E-state index is 0.121. The third-order valence-corrected chi connectivity index (χ3v) is 3.56. The molecule has 0 amide bonds. The fourth-order valence-electron chi connectivity index (χ4n) is 1.88. The van der Waals surface area contributed by atoms with Gasteiger partial charge in [0.1, 0.15) is 0 Å². The van der Waals surface area contributed by atoms with Crippen LogP contribution in [0.4, 0.5) is 0 Å². The molecule has 118 valence electrons. The monoisotopic (exact) mass is 320 g/mol. The molecule has 2 aromatic rings. The highest BCUT2D eigenvalue weighted by Crippen LogP contribution is 2.26. The number of hydrogen-bond donors (Lipinski definition) is 1. The number of thioether (sulfide) groups is 1. The molecule has 1 aromatic heterocycles. The molecule has 1 heterocycles. The first-order valence-electron chi connectivity index (χ1n) is 7.06. The number of aromatic hydroxyl groups is 1. The van der Waals surface area contributed by atoms with Crippen molar-refractivity contribution >= 4 is 18.0 Å². The third-order valence-electron chi connectivity index (χ3n) is 2.94. The van der Waals surface area contributed by atoms with E-state index in [-0.39, 0.29) is 11.7 Å². The minimum Gasteiger partial charge on any atom is -0.504 e. The zero-order valence-electron chi connectivity index (χ0n) is 13.1. The molecule has 1 aromatic carbocycles. The van der Waals surface area contributed by atoms with Gasteiger partial charge in [-0.25, -0.2) is 0 Å². The number of benzene rings is 1. The fourth-order valence-corrected chi connectivity index (χ4v) is 2.32. The zero-order valence-corrected chi connectivity index (χ0v) is 14.0. The Hall–Kier alpha value is -2.02. The standard InChI is InChI=1S/C15H20N4O2S/c1-5-21-13-8-11(6-7-12(13)20)9-16-19-14(10(2)3)17-18-15(19)22-4/h6-10,20H,5H2,1-4H3/b16-9-. The molecule has 0 spiro atoms. The van der Waals surface area contributed by atoms with Crippen LogP contribution in [0.3, 0.4) is 0 Å². The summed E-state index contributed by atoms with van der Waals surface area (Å²) in [5, 5.41) is 23.2. The Labute approximate surface area is 134 Å². The normalized spacial score (nSPS) is 11.5. The molecule has 0 unspecified atom stereocenters. The van der Waals surface area contributed by atoms with Crippen molar-refractivity contribution in [3.8, 4) is 11.5 Å². The first-order chi connectivity index (χ1) is 10.6. The Kier molecular flexibility index (Phi) is 5.43. The molecule has 0 radical (unpaired) electrons. The molecule has 0 saturated heterocycles. The highest BCUT2D eigenvalue weighted by Gasteiger charge is 2.13. The molecule has 7 heteroatoms. The number of nitrogens with zero attached hydrogens (tertiary/aromatic N) is 4. The van der Waals surface area contributed by atoms with Gasteiger partial charge in [-0.3, -0.25) is 0 Å². The molecule has 0 aliphatic heterocycles. The summed E-state index contributed by atoms with van der Waals surface area (Å²) in [6.45, 7) is 6.46. The summed E-state index contributed by atoms with van der Waals surface area (Å²) in [5.41, 5.74) is 0.830. The lowest BCUT2D eigenvalue weighted by Crippen LogP contribution is -2.02. The van der Waals surface area contributed by atoms with Gasteiger partial charge in [0.25, 0.3) is 0 Å². The summed E-state index contributed by atoms with van der Waals surface area (Å²) in [6, 6.07) is 5.12. The van der Waals surface area contributed by atoms with Gasteiger partial charge in [-0.05, 0) is 36.9 Å². The van der Waals surface area contributed by atoms with E-state index in [2.05, 4.69) is 15.3 Å². The van der Waals surface area contributed by atoms with Crippen molar-refractivity contribution in [1.82, 2.24) is 14.9 Å². The topological polar surface area (TPSA) is 72.5 Å². The molecule has 22 heavy (non-hydrogen) atoms. The predicted molar refractivity (Wildman–Crippen MR) is 88.2 cm³/mol. The predicted octanol–water partition coefficient (Wildman–Crippen LogP) is 3.11. The second-order valence-electron chi connectivity index (χ2n) is 4.92. The number of rotatable bonds is 6. The molecule has 0 bridgehead atoms. The lowest BCUT2D eigenvalue weighted by molar-refractivity contribution is 0.318. The van der Waals surface area contributed by atoms with Gasteiger partial charge >= 0.3 is 0 Å². The van der Waals surface area contributed by atoms with Crippen LogP contribution in [0.1, 0.15) is 38.1 Å². The van der Waals surface area contributed by atoms with Crippen molar-refractivity contribution in [1.29, 1.82) is 0 Å². The van der Waals surface area contributed by atoms with Crippen LogP contribution in [0.5, 0.6) is 11.5 Å². The van der Waals surface area contributed by atoms with E-state index in [9.17, 15) is 5.11 Å². The van der Waals surface area contributed by atoms with Gasteiger partial charge in [0, 0.05) is 5.92 Å². The molecular weight excluding hydrogens is 300 g/mol. The van der Waals surface area contributed by atoms with Gasteiger partial charge in [-0.2, -0.15) is 9.78 Å². The maximum absolute atomic E-state index is 9.72. The molecule has 0 fully saturated rings. The highest BCUT2D eigenvalue weighted by molar-refractivity contribution is 7.98. The van der Waals surface area contributed by atoms with Gasteiger partial charge in [0.15, 0.2) is 17.3 Å². The van der Waals surface area contributed by atoms with E-state index in [4.69, 9.17) is 4.74 Å². The largest absolute Gasteiger partial charge is 0.504 e. The van der Waals surface area contributed by atoms with Crippen LogP contribution in [0.2, 0.25) is 0 Å². The van der Waals surface area contributed by atoms with Gasteiger partial charge in [0.2, 0.25) is 5.16 Å². The molecule has 0 aliphatic rings. The zero-order chi connectivity index (χ0) is 16.1. The van der Waals surface area contributed by atoms with Crippen molar-refractivity contribution in [3.63, 3.8) is 0 Å². The quantitative estimate of drug-likeness (QED) is 0.654. The number of phenolic OH excluding ortho intramolecular Hbond substituents is 1. The lowest BCUT2D eigenvalue weighted by atomic mass is 10.2. The molecule has 0 saturated carbocycles. The van der Waals surface area contributed by atoms with E-state index >= 15 is 0 Å². The van der Waals surface area contributed by atoms with Crippen LogP contribution < -0.4 is 4.74 Å². The maximum atomic E-state index is 9.72. The van der Waals surface area contributed by atoms with Crippen molar-refractivity contribution in [3.05, 3.63) is 29.6 Å². The van der Waals surface area contributed by atoms with Crippen molar-refractivity contribution < 1.29 is 9.84 Å². The average molecular weight is 320 g/mol. The van der Waals surface area contributed by atoms with Crippen LogP contribution in [-0.4, -0.2) is 39.1 Å². The molecule has 0 atom stereocenters. The van der Waals surface area contributed by atoms with E-state index < -0.39 is 0 Å². The van der Waals surface area contributed by atoms with Crippen LogP contribution in [0.15, 0.2) is 28.5 Å². The van der Waals surface area contributed by atoms with E-state index in [1.807, 2.05) is 27.0 Å². The summed E-state index contributed by atoms with van der Waals surface area (Å²) in [6.07, 6.45) is 3.64. The van der Waals surface area contributed by atoms with Gasteiger partial charge in [-0.15, -0.1) is 10.2 Å². The SMILES string of the molecule is CCOc1cc(/C=N\n2c(SC)nnc2C(C)C)ccc1O. The Morgan fingerprint density at radius 2 is 2.18 bits per heavy atom. The van der Waals surface area contributed by atoms with E-state index in [1.165, 1.54) is 11.8 Å². The Balaban J connectivity index is 2.32. The van der Waals surface area contributed by atoms with Crippen LogP contribution in [0.25, 0.3) is 0 Å². The van der Waals surface area contributed by atoms with Gasteiger partial charge in [0.05, 0.1) is 12.8 Å². The maximum Gasteiger partial charge on any atom is 0.211 e. The minimum atomic E-state index is 0.121. The number of aromatic nitrogens is 3. The van der Waals surface area contributed by atoms with Crippen LogP contribution in [0, 0.1) is 0 Å². The third kappa shape index (κ3) is 3.59. The summed E-state index contributed by atoms with van der Waals surface area (Å²) in [5.74, 6) is 1.61. The highest BCUT2D eigenvalue weighted by atomic mass is 32.2. The Morgan fingerprint density at radius 3 is 2.82 bits per heavy atom. The Morgan fingerprint density at radius 1 is 1.41 bits per heavy atom. The average Bonchev–Trinajstić information content (AvgIpc) is 2.91. The van der Waals surface area contributed by atoms with E-state index in [0.717, 1.165) is 16.5 Å². The molecular formula is C15H20N4O2S. The smallest absolute Gasteiger partial charge is 0.211 e. The fraction of sp³-hybridized carbons (Fsp3) is 0.400. The number of ether oxygens (including phenoxy) is 1. The second-order valence-corrected chi connectivity index (χ2v) is 5.69.